The van der Waals surface area contributed by atoms with Crippen LogP contribution in [-0.4, -0.2) is 31.7 Å². The highest BCUT2D eigenvalue weighted by molar-refractivity contribution is 5.83. The summed E-state index contributed by atoms with van der Waals surface area (Å²) in [6, 6.07) is -0.0150. The summed E-state index contributed by atoms with van der Waals surface area (Å²) in [7, 11) is 0. The second kappa shape index (κ2) is 6.17. The van der Waals surface area contributed by atoms with E-state index in [0.29, 0.717) is 19.8 Å². The first kappa shape index (κ1) is 14.2. The molecule has 2 unspecified atom stereocenters. The molecule has 0 saturated heterocycles. The van der Waals surface area contributed by atoms with Crippen LogP contribution in [0.4, 0.5) is 0 Å². The number of hydrogen-bond acceptors (Lipinski definition) is 3. The number of amides is 1. The Morgan fingerprint density at radius 2 is 2.35 bits per heavy atom. The van der Waals surface area contributed by atoms with Crippen molar-refractivity contribution < 1.29 is 9.53 Å². The van der Waals surface area contributed by atoms with Crippen LogP contribution in [-0.2, 0) is 9.53 Å². The molecule has 4 nitrogen and oxygen atoms in total. The molecule has 0 aliphatic heterocycles. The summed E-state index contributed by atoms with van der Waals surface area (Å²) in [5.74, 6) is 0.0569. The molecule has 3 N–H and O–H groups in total. The summed E-state index contributed by atoms with van der Waals surface area (Å²) in [5.41, 5.74) is 6.57. The molecule has 0 bridgehead atoms. The van der Waals surface area contributed by atoms with Gasteiger partial charge in [-0.1, -0.05) is 18.6 Å². The normalized spacial score (nSPS) is 28.1. The van der Waals surface area contributed by atoms with Crippen molar-refractivity contribution in [3.05, 3.63) is 12.2 Å². The summed E-state index contributed by atoms with van der Waals surface area (Å²) in [5, 5.41) is 2.90. The van der Waals surface area contributed by atoms with Crippen LogP contribution in [0.15, 0.2) is 12.2 Å². The minimum absolute atomic E-state index is 0.0150. The van der Waals surface area contributed by atoms with Gasteiger partial charge in [-0.2, -0.15) is 0 Å². The van der Waals surface area contributed by atoms with Gasteiger partial charge in [-0.3, -0.25) is 4.79 Å². The zero-order valence-electron chi connectivity index (χ0n) is 10.9. The fourth-order valence-corrected chi connectivity index (χ4v) is 2.16. The molecule has 0 aromatic rings. The average molecular weight is 240 g/mol. The Morgan fingerprint density at radius 1 is 1.65 bits per heavy atom. The van der Waals surface area contributed by atoms with Gasteiger partial charge >= 0.3 is 0 Å². The van der Waals surface area contributed by atoms with Gasteiger partial charge in [0.15, 0.2) is 0 Å². The third-order valence-electron chi connectivity index (χ3n) is 3.43. The van der Waals surface area contributed by atoms with Gasteiger partial charge in [0.25, 0.3) is 0 Å². The molecule has 1 amide bonds. The second-order valence-corrected chi connectivity index (χ2v) is 5.18. The van der Waals surface area contributed by atoms with E-state index in [1.165, 1.54) is 0 Å². The molecule has 17 heavy (non-hydrogen) atoms. The average Bonchev–Trinajstić information content (AvgIpc) is 2.59. The van der Waals surface area contributed by atoms with Gasteiger partial charge in [0.05, 0.1) is 18.6 Å². The van der Waals surface area contributed by atoms with E-state index in [-0.39, 0.29) is 11.9 Å². The number of rotatable bonds is 6. The molecular formula is C13H24N2O2. The van der Waals surface area contributed by atoms with Gasteiger partial charge in [0.1, 0.15) is 0 Å². The number of nitrogens with two attached hydrogens (primary N) is 1. The van der Waals surface area contributed by atoms with Crippen molar-refractivity contribution in [1.29, 1.82) is 0 Å². The number of nitrogens with one attached hydrogen (secondary N) is 1. The molecule has 2 atom stereocenters. The first-order valence-corrected chi connectivity index (χ1v) is 6.23. The van der Waals surface area contributed by atoms with Crippen molar-refractivity contribution in [2.24, 2.45) is 11.1 Å². The van der Waals surface area contributed by atoms with E-state index in [1.807, 2.05) is 13.8 Å². The Bertz CT molecular complexity index is 291. The van der Waals surface area contributed by atoms with Crippen molar-refractivity contribution in [3.63, 3.8) is 0 Å². The lowest BCUT2D eigenvalue weighted by molar-refractivity contribution is -0.130. The maximum Gasteiger partial charge on any atom is 0.227 e. The zero-order chi connectivity index (χ0) is 12.9. The quantitative estimate of drug-likeness (QED) is 0.542. The summed E-state index contributed by atoms with van der Waals surface area (Å²) in [4.78, 5) is 12.0. The minimum atomic E-state index is -0.394. The van der Waals surface area contributed by atoms with Crippen molar-refractivity contribution in [1.82, 2.24) is 5.32 Å². The van der Waals surface area contributed by atoms with Gasteiger partial charge in [0.2, 0.25) is 5.91 Å². The molecule has 1 fully saturated rings. The maximum atomic E-state index is 12.0. The van der Waals surface area contributed by atoms with Crippen molar-refractivity contribution in [2.75, 3.05) is 19.8 Å². The predicted molar refractivity (Wildman–Crippen MR) is 68.6 cm³/mol. The van der Waals surface area contributed by atoms with E-state index in [2.05, 4.69) is 11.9 Å². The van der Waals surface area contributed by atoms with Crippen LogP contribution in [0.5, 0.6) is 0 Å². The summed E-state index contributed by atoms with van der Waals surface area (Å²) < 4.78 is 5.32. The Morgan fingerprint density at radius 3 is 2.88 bits per heavy atom. The third kappa shape index (κ3) is 3.82. The number of hydrogen-bond donors (Lipinski definition) is 2. The van der Waals surface area contributed by atoms with Gasteiger partial charge in [-0.05, 0) is 26.7 Å². The van der Waals surface area contributed by atoms with Gasteiger partial charge in [-0.25, -0.2) is 0 Å². The Hall–Kier alpha value is -0.870. The fraction of sp³-hybridized carbons (Fsp3) is 0.769. The molecule has 0 aromatic carbocycles. The van der Waals surface area contributed by atoms with E-state index >= 15 is 0 Å². The Kier molecular flexibility index (Phi) is 5.15. The summed E-state index contributed by atoms with van der Waals surface area (Å²) in [6.45, 7) is 9.21. The van der Waals surface area contributed by atoms with E-state index in [1.54, 1.807) is 0 Å². The standard InChI is InChI=1S/C13H24N2O2/c1-10(2)9-17-8-7-15-12(16)13(3)6-4-5-11(13)14/h11H,1,4-9,14H2,2-3H3,(H,15,16). The van der Waals surface area contributed by atoms with Crippen LogP contribution < -0.4 is 11.1 Å². The fourth-order valence-electron chi connectivity index (χ4n) is 2.16. The smallest absolute Gasteiger partial charge is 0.227 e. The van der Waals surface area contributed by atoms with Gasteiger partial charge in [0, 0.05) is 12.6 Å². The van der Waals surface area contributed by atoms with Crippen LogP contribution in [0.3, 0.4) is 0 Å². The minimum Gasteiger partial charge on any atom is -0.375 e. The van der Waals surface area contributed by atoms with Crippen LogP contribution in [0.1, 0.15) is 33.1 Å². The van der Waals surface area contributed by atoms with Crippen molar-refractivity contribution >= 4 is 5.91 Å². The highest BCUT2D eigenvalue weighted by Crippen LogP contribution is 2.36. The van der Waals surface area contributed by atoms with Crippen LogP contribution >= 0.6 is 0 Å². The van der Waals surface area contributed by atoms with Crippen LogP contribution in [0.2, 0.25) is 0 Å². The first-order chi connectivity index (χ1) is 7.97. The largest absolute Gasteiger partial charge is 0.375 e. The molecule has 0 spiro atoms. The number of carbonyl (C=O) groups excluding carboxylic acids is 1. The van der Waals surface area contributed by atoms with Crippen molar-refractivity contribution in [2.45, 2.75) is 39.2 Å². The molecule has 4 heteroatoms. The van der Waals surface area contributed by atoms with Crippen LogP contribution in [0.25, 0.3) is 0 Å². The van der Waals surface area contributed by atoms with E-state index in [0.717, 1.165) is 24.8 Å². The molecule has 0 aromatic heterocycles. The van der Waals surface area contributed by atoms with Gasteiger partial charge in [-0.15, -0.1) is 0 Å². The lowest BCUT2D eigenvalue weighted by atomic mass is 9.84. The number of carbonyl (C=O) groups is 1. The predicted octanol–water partition coefficient (Wildman–Crippen LogP) is 1.21. The second-order valence-electron chi connectivity index (χ2n) is 5.18. The Balaban J connectivity index is 2.23. The molecule has 1 rings (SSSR count). The monoisotopic (exact) mass is 240 g/mol. The number of ether oxygens (including phenoxy) is 1. The molecule has 98 valence electrons. The van der Waals surface area contributed by atoms with Crippen molar-refractivity contribution in [3.8, 4) is 0 Å². The molecular weight excluding hydrogens is 216 g/mol. The first-order valence-electron chi connectivity index (χ1n) is 6.23. The highest BCUT2D eigenvalue weighted by Gasteiger charge is 2.42. The molecule has 0 radical (unpaired) electrons. The lowest BCUT2D eigenvalue weighted by Gasteiger charge is -2.27. The van der Waals surface area contributed by atoms with Gasteiger partial charge < -0.3 is 15.8 Å². The van der Waals surface area contributed by atoms with E-state index in [9.17, 15) is 4.79 Å². The lowest BCUT2D eigenvalue weighted by Crippen LogP contribution is -2.48. The maximum absolute atomic E-state index is 12.0. The zero-order valence-corrected chi connectivity index (χ0v) is 10.9. The molecule has 1 aliphatic carbocycles. The SMILES string of the molecule is C=C(C)COCCNC(=O)C1(C)CCCC1N. The molecule has 0 heterocycles. The van der Waals surface area contributed by atoms with E-state index in [4.69, 9.17) is 10.5 Å². The van der Waals surface area contributed by atoms with Crippen LogP contribution in [0, 0.1) is 5.41 Å². The highest BCUT2D eigenvalue weighted by atomic mass is 16.5. The topological polar surface area (TPSA) is 64.3 Å². The molecule has 1 saturated carbocycles. The third-order valence-corrected chi connectivity index (χ3v) is 3.43. The summed E-state index contributed by atoms with van der Waals surface area (Å²) >= 11 is 0. The molecule has 1 aliphatic rings. The van der Waals surface area contributed by atoms with E-state index < -0.39 is 5.41 Å². The summed E-state index contributed by atoms with van der Waals surface area (Å²) in [6.07, 6.45) is 2.86. The Labute approximate surface area is 104 Å².